The molecule has 3 aliphatic rings. The lowest BCUT2D eigenvalue weighted by atomic mass is 10.0. The molecule has 0 spiro atoms. The number of rotatable bonds is 7. The quantitative estimate of drug-likeness (QED) is 0.587. The summed E-state index contributed by atoms with van der Waals surface area (Å²) in [6.07, 6.45) is 3.07. The molecule has 170 valence electrons. The van der Waals surface area contributed by atoms with E-state index in [2.05, 4.69) is 22.1 Å². The van der Waals surface area contributed by atoms with Crippen LogP contribution in [0.2, 0.25) is 0 Å². The van der Waals surface area contributed by atoms with Gasteiger partial charge >= 0.3 is 5.97 Å². The number of para-hydroxylation sites is 2. The topological polar surface area (TPSA) is 108 Å². The summed E-state index contributed by atoms with van der Waals surface area (Å²) < 4.78 is 35.3. The van der Waals surface area contributed by atoms with Crippen molar-refractivity contribution < 1.29 is 23.1 Å². The van der Waals surface area contributed by atoms with Gasteiger partial charge in [-0.3, -0.25) is 4.79 Å². The number of carbonyl (C=O) groups is 1. The average Bonchev–Trinajstić information content (AvgIpc) is 3.22. The molecule has 0 bridgehead atoms. The zero-order valence-electron chi connectivity index (χ0n) is 17.8. The smallest absolute Gasteiger partial charge is 0.326 e. The minimum absolute atomic E-state index is 0.0419. The van der Waals surface area contributed by atoms with Gasteiger partial charge in [0.1, 0.15) is 16.2 Å². The molecule has 2 heterocycles. The lowest BCUT2D eigenvalue weighted by Crippen LogP contribution is -2.46. The summed E-state index contributed by atoms with van der Waals surface area (Å²) in [6, 6.07) is 14.2. The van der Waals surface area contributed by atoms with Crippen molar-refractivity contribution in [3.8, 4) is 5.75 Å². The lowest BCUT2D eigenvalue weighted by Gasteiger charge is -2.26. The van der Waals surface area contributed by atoms with E-state index in [-0.39, 0.29) is 11.5 Å². The van der Waals surface area contributed by atoms with Crippen molar-refractivity contribution in [2.75, 3.05) is 18.6 Å². The first-order valence-electron chi connectivity index (χ1n) is 11.0. The minimum atomic E-state index is -4.13. The summed E-state index contributed by atoms with van der Waals surface area (Å²) in [5, 5.41) is 12.2. The molecule has 0 aromatic heterocycles. The first-order valence-corrected chi connectivity index (χ1v) is 12.5. The predicted molar refractivity (Wildman–Crippen MR) is 119 cm³/mol. The third-order valence-corrected chi connectivity index (χ3v) is 8.53. The van der Waals surface area contributed by atoms with Gasteiger partial charge in [0, 0.05) is 30.0 Å². The fraction of sp³-hybridized carbons (Fsp3) is 0.435. The minimum Gasteiger partial charge on any atom is -0.493 e. The monoisotopic (exact) mass is 457 g/mol. The highest BCUT2D eigenvalue weighted by Crippen LogP contribution is 2.62. The van der Waals surface area contributed by atoms with Crippen LogP contribution in [-0.2, 0) is 14.8 Å². The van der Waals surface area contributed by atoms with Gasteiger partial charge < -0.3 is 15.3 Å². The third kappa shape index (κ3) is 3.27. The Labute approximate surface area is 187 Å². The fourth-order valence-electron chi connectivity index (χ4n) is 5.30. The van der Waals surface area contributed by atoms with Crippen LogP contribution in [-0.4, -0.2) is 49.2 Å². The molecule has 2 fully saturated rings. The Morgan fingerprint density at radius 3 is 2.75 bits per heavy atom. The van der Waals surface area contributed by atoms with Gasteiger partial charge in [-0.1, -0.05) is 37.3 Å². The number of aliphatic carboxylic acids is 1. The van der Waals surface area contributed by atoms with Gasteiger partial charge in [0.05, 0.1) is 12.3 Å². The molecule has 1 saturated heterocycles. The van der Waals surface area contributed by atoms with Crippen molar-refractivity contribution in [3.63, 3.8) is 0 Å². The summed E-state index contributed by atoms with van der Waals surface area (Å²) in [4.78, 5) is 12.4. The second kappa shape index (κ2) is 7.75. The second-order valence-corrected chi connectivity index (χ2v) is 10.4. The molecule has 9 heteroatoms. The summed E-state index contributed by atoms with van der Waals surface area (Å²) in [6.45, 7) is 3.10. The van der Waals surface area contributed by atoms with Crippen LogP contribution >= 0.6 is 0 Å². The Kier molecular flexibility index (Phi) is 5.15. The van der Waals surface area contributed by atoms with E-state index in [9.17, 15) is 18.3 Å². The van der Waals surface area contributed by atoms with E-state index in [1.807, 2.05) is 12.1 Å². The van der Waals surface area contributed by atoms with Crippen molar-refractivity contribution >= 4 is 21.7 Å². The molecule has 4 atom stereocenters. The number of fused-ring (bicyclic) bond motifs is 3. The largest absolute Gasteiger partial charge is 0.493 e. The molecule has 2 aliphatic heterocycles. The molecule has 0 radical (unpaired) electrons. The number of hydrazine groups is 1. The predicted octanol–water partition coefficient (Wildman–Crippen LogP) is 2.80. The van der Waals surface area contributed by atoms with Gasteiger partial charge in [-0.2, -0.15) is 4.72 Å². The van der Waals surface area contributed by atoms with Gasteiger partial charge in [-0.15, -0.1) is 0 Å². The number of ether oxygens (including phenoxy) is 1. The van der Waals surface area contributed by atoms with Crippen molar-refractivity contribution in [2.24, 2.45) is 5.92 Å². The number of carboxylic acids is 1. The second-order valence-electron chi connectivity index (χ2n) is 8.72. The van der Waals surface area contributed by atoms with Gasteiger partial charge in [0.15, 0.2) is 0 Å². The van der Waals surface area contributed by atoms with Crippen LogP contribution in [0.4, 0.5) is 5.69 Å². The van der Waals surface area contributed by atoms with Crippen molar-refractivity contribution in [1.29, 1.82) is 0 Å². The van der Waals surface area contributed by atoms with E-state index < -0.39 is 33.4 Å². The number of nitrogens with one attached hydrogen (secondary N) is 2. The van der Waals surface area contributed by atoms with E-state index >= 15 is 0 Å². The number of hydrogen-bond acceptors (Lipinski definition) is 6. The van der Waals surface area contributed by atoms with Crippen LogP contribution in [0.3, 0.4) is 0 Å². The maximum absolute atomic E-state index is 13.5. The van der Waals surface area contributed by atoms with E-state index in [4.69, 9.17) is 4.74 Å². The molecule has 5 rings (SSSR count). The lowest BCUT2D eigenvalue weighted by molar-refractivity contribution is -0.140. The average molecular weight is 458 g/mol. The molecule has 2 aromatic rings. The molecule has 32 heavy (non-hydrogen) atoms. The first-order chi connectivity index (χ1) is 15.4. The van der Waals surface area contributed by atoms with Crippen molar-refractivity contribution in [1.82, 2.24) is 9.73 Å². The Bertz CT molecular complexity index is 1150. The molecular weight excluding hydrogens is 430 g/mol. The summed E-state index contributed by atoms with van der Waals surface area (Å²) in [7, 11) is -4.13. The van der Waals surface area contributed by atoms with Crippen LogP contribution in [0.5, 0.6) is 5.75 Å². The van der Waals surface area contributed by atoms with Gasteiger partial charge in [0.25, 0.3) is 0 Å². The van der Waals surface area contributed by atoms with Gasteiger partial charge in [0.2, 0.25) is 10.0 Å². The number of hydrogen-bond donors (Lipinski definition) is 3. The number of benzene rings is 2. The Hall–Kier alpha value is -2.62. The van der Waals surface area contributed by atoms with Crippen LogP contribution in [0, 0.1) is 5.92 Å². The molecule has 8 nitrogen and oxygen atoms in total. The highest BCUT2D eigenvalue weighted by molar-refractivity contribution is 7.89. The summed E-state index contributed by atoms with van der Waals surface area (Å²) in [5.41, 5.74) is 2.82. The van der Waals surface area contributed by atoms with Crippen LogP contribution in [0.1, 0.15) is 37.7 Å². The van der Waals surface area contributed by atoms with Gasteiger partial charge in [-0.05, 0) is 37.5 Å². The normalized spacial score (nSPS) is 29.0. The molecule has 3 unspecified atom stereocenters. The SMILES string of the molecule is CC[C@@H]1CCCN1Nc1ccccc1S(=O)(=O)NC1(C(=O)O)C2COc3ccccc3C21. The molecule has 1 saturated carbocycles. The summed E-state index contributed by atoms with van der Waals surface area (Å²) in [5.74, 6) is -1.51. The van der Waals surface area contributed by atoms with Crippen LogP contribution < -0.4 is 14.9 Å². The molecule has 2 aromatic carbocycles. The summed E-state index contributed by atoms with van der Waals surface area (Å²) >= 11 is 0. The maximum Gasteiger partial charge on any atom is 0.326 e. The highest BCUT2D eigenvalue weighted by atomic mass is 32.2. The number of sulfonamides is 1. The molecule has 3 N–H and O–H groups in total. The molecule has 0 amide bonds. The zero-order chi connectivity index (χ0) is 22.5. The molecule has 1 aliphatic carbocycles. The zero-order valence-corrected chi connectivity index (χ0v) is 18.6. The van der Waals surface area contributed by atoms with Crippen LogP contribution in [0.15, 0.2) is 53.4 Å². The molecular formula is C23H27N3O5S. The number of anilines is 1. The van der Waals surface area contributed by atoms with E-state index in [1.165, 1.54) is 6.07 Å². The van der Waals surface area contributed by atoms with E-state index in [0.717, 1.165) is 31.4 Å². The Morgan fingerprint density at radius 2 is 1.97 bits per heavy atom. The Morgan fingerprint density at radius 1 is 1.22 bits per heavy atom. The standard InChI is InChI=1S/C23H27N3O5S/c1-2-15-8-7-13-26(15)24-18-10-4-6-12-20(18)32(29,30)25-23(22(27)28)17-14-31-19-11-5-3-9-16(19)21(17)23/h3-6,9-12,15,17,21,24-25H,2,7-8,13-14H2,1H3,(H,27,28)/t15-,17?,21?,23?/m1/s1. The highest BCUT2D eigenvalue weighted by Gasteiger charge is 2.74. The van der Waals surface area contributed by atoms with E-state index in [1.54, 1.807) is 30.3 Å². The van der Waals surface area contributed by atoms with Crippen molar-refractivity contribution in [3.05, 3.63) is 54.1 Å². The maximum atomic E-state index is 13.5. The van der Waals surface area contributed by atoms with Gasteiger partial charge in [-0.25, -0.2) is 13.4 Å². The number of nitrogens with zero attached hydrogens (tertiary/aromatic N) is 1. The van der Waals surface area contributed by atoms with Crippen LogP contribution in [0.25, 0.3) is 0 Å². The number of carboxylic acid groups (broad SMARTS) is 1. The third-order valence-electron chi connectivity index (χ3n) is 6.99. The first kappa shape index (κ1) is 21.2. The Balaban J connectivity index is 1.47. The fourth-order valence-corrected chi connectivity index (χ4v) is 6.89. The van der Waals surface area contributed by atoms with E-state index in [0.29, 0.717) is 17.5 Å². The van der Waals surface area contributed by atoms with Crippen molar-refractivity contribution in [2.45, 2.75) is 48.6 Å².